The number of rotatable bonds is 3. The van der Waals surface area contributed by atoms with E-state index in [-0.39, 0.29) is 11.8 Å². The minimum absolute atomic E-state index is 0.0372. The molecule has 8 heteroatoms. The first-order valence-electron chi connectivity index (χ1n) is 5.37. The summed E-state index contributed by atoms with van der Waals surface area (Å²) in [5, 5.41) is 20.9. The largest absolute Gasteiger partial charge is 0.500 e. The van der Waals surface area contributed by atoms with Crippen LogP contribution in [0, 0.1) is 17.8 Å². The Labute approximate surface area is 102 Å². The number of fused-ring (bicyclic) bond motifs is 1. The number of anilines is 1. The molecule has 17 heavy (non-hydrogen) atoms. The number of ether oxygens (including phenoxy) is 1. The van der Waals surface area contributed by atoms with Gasteiger partial charge in [0.1, 0.15) is 0 Å². The molecule has 2 fully saturated rings. The van der Waals surface area contributed by atoms with Gasteiger partial charge in [0.15, 0.2) is 5.13 Å². The molecule has 1 aliphatic carbocycles. The van der Waals surface area contributed by atoms with Gasteiger partial charge in [0.2, 0.25) is 5.91 Å². The van der Waals surface area contributed by atoms with Gasteiger partial charge in [-0.3, -0.25) is 4.79 Å². The van der Waals surface area contributed by atoms with E-state index in [1.807, 2.05) is 0 Å². The van der Waals surface area contributed by atoms with E-state index in [1.165, 1.54) is 6.20 Å². The molecule has 2 unspecified atom stereocenters. The zero-order chi connectivity index (χ0) is 12.0. The lowest BCUT2D eigenvalue weighted by molar-refractivity contribution is -0.118. The van der Waals surface area contributed by atoms with Crippen LogP contribution < -0.4 is 10.1 Å². The van der Waals surface area contributed by atoms with Crippen molar-refractivity contribution in [3.8, 4) is 0 Å². The summed E-state index contributed by atoms with van der Waals surface area (Å²) in [5.74, 6) is 0.711. The molecule has 3 N–H and O–H groups in total. The monoisotopic (exact) mass is 254 g/mol. The highest BCUT2D eigenvalue weighted by atomic mass is 32.1. The Morgan fingerprint density at radius 3 is 2.82 bits per heavy atom. The minimum atomic E-state index is -1.54. The minimum Gasteiger partial charge on any atom is -0.423 e. The Hall–Kier alpha value is -0.955. The van der Waals surface area contributed by atoms with E-state index in [9.17, 15) is 4.79 Å². The number of nitrogens with zero attached hydrogens (tertiary/aromatic N) is 1. The van der Waals surface area contributed by atoms with Crippen molar-refractivity contribution in [2.45, 2.75) is 0 Å². The second-order valence-corrected chi connectivity index (χ2v) is 5.38. The van der Waals surface area contributed by atoms with Crippen LogP contribution in [0.3, 0.4) is 0 Å². The van der Waals surface area contributed by atoms with Gasteiger partial charge in [-0.15, -0.1) is 11.3 Å². The molecule has 2 heterocycles. The van der Waals surface area contributed by atoms with Crippen molar-refractivity contribution in [2.75, 3.05) is 18.5 Å². The summed E-state index contributed by atoms with van der Waals surface area (Å²) in [6.07, 6.45) is 1.35. The molecule has 6 nitrogen and oxygen atoms in total. The molecule has 3 rings (SSSR count). The fourth-order valence-corrected chi connectivity index (χ4v) is 2.97. The highest BCUT2D eigenvalue weighted by molar-refractivity contribution is 7.25. The number of nitrogens with one attached hydrogen (secondary N) is 1. The number of thiazole rings is 1. The molecule has 0 bridgehead atoms. The Bertz CT molecular complexity index is 442. The molecule has 0 aromatic carbocycles. The molecular formula is C9H11BN2O4S. The van der Waals surface area contributed by atoms with Crippen LogP contribution in [0.25, 0.3) is 0 Å². The molecule has 1 aliphatic heterocycles. The van der Waals surface area contributed by atoms with E-state index in [0.29, 0.717) is 35.0 Å². The third kappa shape index (κ3) is 1.97. The van der Waals surface area contributed by atoms with E-state index in [2.05, 4.69) is 10.3 Å². The van der Waals surface area contributed by atoms with Gasteiger partial charge in [-0.2, -0.15) is 0 Å². The summed E-state index contributed by atoms with van der Waals surface area (Å²) >= 11 is 1.07. The molecule has 0 radical (unpaired) electrons. The SMILES string of the molecule is O=C(Nc1ncc(B(O)O)s1)C1C2COCC21. The van der Waals surface area contributed by atoms with E-state index in [0.717, 1.165) is 11.3 Å². The molecule has 1 amide bonds. The highest BCUT2D eigenvalue weighted by Gasteiger charge is 2.58. The predicted molar refractivity (Wildman–Crippen MR) is 61.9 cm³/mol. The number of amides is 1. The van der Waals surface area contributed by atoms with Crippen LogP contribution in [0.5, 0.6) is 0 Å². The summed E-state index contributed by atoms with van der Waals surface area (Å²) in [7, 11) is -1.54. The summed E-state index contributed by atoms with van der Waals surface area (Å²) in [4.78, 5) is 15.8. The normalized spacial score (nSPS) is 29.9. The van der Waals surface area contributed by atoms with Crippen molar-refractivity contribution >= 4 is 34.3 Å². The first kappa shape index (κ1) is 11.2. The zero-order valence-electron chi connectivity index (χ0n) is 8.87. The summed E-state index contributed by atoms with van der Waals surface area (Å²) < 4.78 is 5.53. The molecular weight excluding hydrogens is 243 g/mol. The zero-order valence-corrected chi connectivity index (χ0v) is 9.68. The number of hydrogen-bond donors (Lipinski definition) is 3. The van der Waals surface area contributed by atoms with Crippen molar-refractivity contribution in [1.29, 1.82) is 0 Å². The van der Waals surface area contributed by atoms with Gasteiger partial charge in [-0.25, -0.2) is 4.98 Å². The molecule has 1 aromatic rings. The summed E-state index contributed by atoms with van der Waals surface area (Å²) in [5.41, 5.74) is 0. The van der Waals surface area contributed by atoms with Crippen LogP contribution in [-0.4, -0.2) is 41.3 Å². The summed E-state index contributed by atoms with van der Waals surface area (Å²) in [6, 6.07) is 0. The Morgan fingerprint density at radius 2 is 2.24 bits per heavy atom. The second kappa shape index (κ2) is 4.06. The lowest BCUT2D eigenvalue weighted by atomic mass is 9.91. The van der Waals surface area contributed by atoms with Gasteiger partial charge in [-0.05, 0) is 11.8 Å². The molecule has 90 valence electrons. The number of carbonyl (C=O) groups excluding carboxylic acids is 1. The molecule has 2 aliphatic rings. The smallest absolute Gasteiger partial charge is 0.423 e. The van der Waals surface area contributed by atoms with Crippen LogP contribution in [0.15, 0.2) is 6.20 Å². The maximum atomic E-state index is 11.8. The van der Waals surface area contributed by atoms with Crippen LogP contribution in [-0.2, 0) is 9.53 Å². The third-order valence-electron chi connectivity index (χ3n) is 3.26. The van der Waals surface area contributed by atoms with Crippen molar-refractivity contribution in [3.63, 3.8) is 0 Å². The van der Waals surface area contributed by atoms with Gasteiger partial charge in [0.05, 0.1) is 18.0 Å². The number of carbonyl (C=O) groups is 1. The van der Waals surface area contributed by atoms with Crippen LogP contribution in [0.2, 0.25) is 0 Å². The Morgan fingerprint density at radius 1 is 1.53 bits per heavy atom. The fourth-order valence-electron chi connectivity index (χ4n) is 2.28. The first-order chi connectivity index (χ1) is 8.16. The van der Waals surface area contributed by atoms with Crippen LogP contribution in [0.4, 0.5) is 5.13 Å². The number of hydrogen-bond acceptors (Lipinski definition) is 6. The Kier molecular flexibility index (Phi) is 2.66. The quantitative estimate of drug-likeness (QED) is 0.580. The van der Waals surface area contributed by atoms with Crippen LogP contribution >= 0.6 is 11.3 Å². The standard InChI is InChI=1S/C9H11BN2O4S/c13-8(7-4-2-16-3-5(4)7)12-9-11-1-6(17-9)10(14)15/h1,4-5,7,14-15H,2-3H2,(H,11,12,13). The molecule has 1 saturated heterocycles. The average molecular weight is 254 g/mol. The maximum Gasteiger partial charge on any atom is 0.500 e. The number of aromatic nitrogens is 1. The maximum absolute atomic E-state index is 11.8. The van der Waals surface area contributed by atoms with E-state index < -0.39 is 7.12 Å². The van der Waals surface area contributed by atoms with Gasteiger partial charge >= 0.3 is 7.12 Å². The first-order valence-corrected chi connectivity index (χ1v) is 6.19. The topological polar surface area (TPSA) is 91.7 Å². The van der Waals surface area contributed by atoms with Gasteiger partial charge in [-0.1, -0.05) is 0 Å². The van der Waals surface area contributed by atoms with Crippen molar-refractivity contribution in [1.82, 2.24) is 4.98 Å². The van der Waals surface area contributed by atoms with E-state index >= 15 is 0 Å². The molecule has 0 spiro atoms. The van der Waals surface area contributed by atoms with Gasteiger partial charge < -0.3 is 20.1 Å². The van der Waals surface area contributed by atoms with E-state index in [1.54, 1.807) is 0 Å². The van der Waals surface area contributed by atoms with Gasteiger partial charge in [0, 0.05) is 12.1 Å². The molecule has 1 saturated carbocycles. The Balaban J connectivity index is 1.61. The van der Waals surface area contributed by atoms with Gasteiger partial charge in [0.25, 0.3) is 0 Å². The second-order valence-electron chi connectivity index (χ2n) is 4.32. The highest BCUT2D eigenvalue weighted by Crippen LogP contribution is 2.51. The molecule has 1 aromatic heterocycles. The van der Waals surface area contributed by atoms with Crippen LogP contribution in [0.1, 0.15) is 0 Å². The molecule has 2 atom stereocenters. The lowest BCUT2D eigenvalue weighted by Gasteiger charge is -2.03. The third-order valence-corrected chi connectivity index (χ3v) is 4.22. The average Bonchev–Trinajstić information content (AvgIpc) is 2.72. The summed E-state index contributed by atoms with van der Waals surface area (Å²) in [6.45, 7) is 1.34. The van der Waals surface area contributed by atoms with Crippen molar-refractivity contribution in [2.24, 2.45) is 17.8 Å². The predicted octanol–water partition coefficient (Wildman–Crippen LogP) is -1.35. The van der Waals surface area contributed by atoms with Crippen molar-refractivity contribution in [3.05, 3.63) is 6.20 Å². The fraction of sp³-hybridized carbons (Fsp3) is 0.556. The van der Waals surface area contributed by atoms with E-state index in [4.69, 9.17) is 14.8 Å². The van der Waals surface area contributed by atoms with Crippen molar-refractivity contribution < 1.29 is 19.6 Å². The lowest BCUT2D eigenvalue weighted by Crippen LogP contribution is -2.26.